The van der Waals surface area contributed by atoms with Crippen molar-refractivity contribution >= 4 is 23.6 Å². The SMILES string of the molecule is Cc1ccc(C=CC(=O)OCc2nnc(-c3ccccc3Cl)o2)cc1. The van der Waals surface area contributed by atoms with Crippen molar-refractivity contribution in [3.8, 4) is 11.5 Å². The molecule has 0 bridgehead atoms. The highest BCUT2D eigenvalue weighted by molar-refractivity contribution is 6.33. The average molecular weight is 355 g/mol. The number of rotatable bonds is 5. The van der Waals surface area contributed by atoms with Crippen molar-refractivity contribution in [1.29, 1.82) is 0 Å². The minimum atomic E-state index is -0.488. The number of carbonyl (C=O) groups excluding carboxylic acids is 1. The van der Waals surface area contributed by atoms with Gasteiger partial charge in [-0.25, -0.2) is 4.79 Å². The van der Waals surface area contributed by atoms with Crippen molar-refractivity contribution in [1.82, 2.24) is 10.2 Å². The lowest BCUT2D eigenvalue weighted by atomic mass is 10.1. The molecule has 1 heterocycles. The first-order chi connectivity index (χ1) is 12.1. The van der Waals surface area contributed by atoms with Crippen LogP contribution >= 0.6 is 11.6 Å². The van der Waals surface area contributed by atoms with E-state index in [-0.39, 0.29) is 18.4 Å². The quantitative estimate of drug-likeness (QED) is 0.500. The van der Waals surface area contributed by atoms with Crippen LogP contribution in [-0.2, 0) is 16.1 Å². The van der Waals surface area contributed by atoms with E-state index in [0.29, 0.717) is 10.6 Å². The molecule has 126 valence electrons. The number of aromatic nitrogens is 2. The molecule has 0 aliphatic rings. The first-order valence-electron chi connectivity index (χ1n) is 7.60. The van der Waals surface area contributed by atoms with Gasteiger partial charge in [-0.2, -0.15) is 0 Å². The molecule has 0 radical (unpaired) electrons. The summed E-state index contributed by atoms with van der Waals surface area (Å²) >= 11 is 6.08. The average Bonchev–Trinajstić information content (AvgIpc) is 3.08. The van der Waals surface area contributed by atoms with Crippen LogP contribution in [0.3, 0.4) is 0 Å². The Morgan fingerprint density at radius 1 is 1.16 bits per heavy atom. The van der Waals surface area contributed by atoms with Crippen molar-refractivity contribution in [2.45, 2.75) is 13.5 Å². The van der Waals surface area contributed by atoms with Gasteiger partial charge in [0, 0.05) is 6.08 Å². The normalized spacial score (nSPS) is 11.0. The molecule has 0 N–H and O–H groups in total. The number of aryl methyl sites for hydroxylation is 1. The maximum absolute atomic E-state index is 11.8. The molecule has 0 atom stereocenters. The molecule has 0 amide bonds. The number of benzene rings is 2. The fraction of sp³-hybridized carbons (Fsp3) is 0.105. The summed E-state index contributed by atoms with van der Waals surface area (Å²) in [7, 11) is 0. The standard InChI is InChI=1S/C19H15ClN2O3/c1-13-6-8-14(9-7-13)10-11-18(23)24-12-17-21-22-19(25-17)15-4-2-3-5-16(15)20/h2-11H,12H2,1H3. The second kappa shape index (κ2) is 7.77. The monoisotopic (exact) mass is 354 g/mol. The van der Waals surface area contributed by atoms with E-state index in [4.69, 9.17) is 20.8 Å². The Bertz CT molecular complexity index is 901. The lowest BCUT2D eigenvalue weighted by Gasteiger charge is -1.98. The molecule has 5 nitrogen and oxygen atoms in total. The van der Waals surface area contributed by atoms with Gasteiger partial charge in [0.2, 0.25) is 5.89 Å². The molecule has 25 heavy (non-hydrogen) atoms. The van der Waals surface area contributed by atoms with Crippen molar-refractivity contribution in [3.63, 3.8) is 0 Å². The van der Waals surface area contributed by atoms with Gasteiger partial charge in [-0.15, -0.1) is 10.2 Å². The molecule has 6 heteroatoms. The third-order valence-electron chi connectivity index (χ3n) is 3.40. The predicted octanol–water partition coefficient (Wildman–Crippen LogP) is 4.46. The highest BCUT2D eigenvalue weighted by atomic mass is 35.5. The molecule has 0 spiro atoms. The highest BCUT2D eigenvalue weighted by Gasteiger charge is 2.12. The summed E-state index contributed by atoms with van der Waals surface area (Å²) in [5.41, 5.74) is 2.71. The maximum atomic E-state index is 11.8. The van der Waals surface area contributed by atoms with Crippen molar-refractivity contribution < 1.29 is 13.9 Å². The number of hydrogen-bond acceptors (Lipinski definition) is 5. The van der Waals surface area contributed by atoms with Gasteiger partial charge in [-0.3, -0.25) is 0 Å². The molecule has 0 saturated heterocycles. The van der Waals surface area contributed by atoms with E-state index < -0.39 is 5.97 Å². The van der Waals surface area contributed by atoms with Crippen LogP contribution in [0, 0.1) is 6.92 Å². The largest absolute Gasteiger partial charge is 0.452 e. The third kappa shape index (κ3) is 4.55. The van der Waals surface area contributed by atoms with Crippen LogP contribution in [0.15, 0.2) is 59.0 Å². The summed E-state index contributed by atoms with van der Waals surface area (Å²) in [6, 6.07) is 14.9. The Balaban J connectivity index is 1.58. The summed E-state index contributed by atoms with van der Waals surface area (Å²) in [5.74, 6) is -0.00285. The van der Waals surface area contributed by atoms with Crippen molar-refractivity contribution in [2.24, 2.45) is 0 Å². The van der Waals surface area contributed by atoms with Gasteiger partial charge in [0.05, 0.1) is 10.6 Å². The number of carbonyl (C=O) groups is 1. The van der Waals surface area contributed by atoms with Crippen LogP contribution in [-0.4, -0.2) is 16.2 Å². The zero-order valence-corrected chi connectivity index (χ0v) is 14.2. The molecular weight excluding hydrogens is 340 g/mol. The number of ether oxygens (including phenoxy) is 1. The van der Waals surface area contributed by atoms with E-state index in [9.17, 15) is 4.79 Å². The van der Waals surface area contributed by atoms with Gasteiger partial charge in [0.25, 0.3) is 5.89 Å². The van der Waals surface area contributed by atoms with E-state index in [0.717, 1.165) is 11.1 Å². The van der Waals surface area contributed by atoms with Crippen LogP contribution < -0.4 is 0 Å². The molecule has 1 aromatic heterocycles. The zero-order valence-electron chi connectivity index (χ0n) is 13.5. The Morgan fingerprint density at radius 3 is 2.68 bits per heavy atom. The molecule has 0 aliphatic carbocycles. The molecular formula is C19H15ClN2O3. The van der Waals surface area contributed by atoms with Crippen LogP contribution in [0.2, 0.25) is 5.02 Å². The Kier molecular flexibility index (Phi) is 5.26. The molecule has 3 aromatic rings. The summed E-state index contributed by atoms with van der Waals surface area (Å²) in [5, 5.41) is 8.28. The van der Waals surface area contributed by atoms with E-state index >= 15 is 0 Å². The molecule has 0 aliphatic heterocycles. The summed E-state index contributed by atoms with van der Waals surface area (Å²) in [4.78, 5) is 11.8. The lowest BCUT2D eigenvalue weighted by Crippen LogP contribution is -2.00. The summed E-state index contributed by atoms with van der Waals surface area (Å²) < 4.78 is 10.6. The fourth-order valence-electron chi connectivity index (χ4n) is 2.08. The number of esters is 1. The third-order valence-corrected chi connectivity index (χ3v) is 3.73. The topological polar surface area (TPSA) is 65.2 Å². The van der Waals surface area contributed by atoms with E-state index in [2.05, 4.69) is 10.2 Å². The van der Waals surface area contributed by atoms with Gasteiger partial charge in [0.1, 0.15) is 0 Å². The van der Waals surface area contributed by atoms with Gasteiger partial charge in [0.15, 0.2) is 6.61 Å². The number of halogens is 1. The number of nitrogens with zero attached hydrogens (tertiary/aromatic N) is 2. The fourth-order valence-corrected chi connectivity index (χ4v) is 2.29. The highest BCUT2D eigenvalue weighted by Crippen LogP contribution is 2.26. The van der Waals surface area contributed by atoms with Crippen LogP contribution in [0.1, 0.15) is 17.0 Å². The predicted molar refractivity (Wildman–Crippen MR) is 94.8 cm³/mol. The molecule has 0 fully saturated rings. The summed E-state index contributed by atoms with van der Waals surface area (Å²) in [6.45, 7) is 1.90. The second-order valence-electron chi connectivity index (χ2n) is 5.33. The molecule has 3 rings (SSSR count). The molecule has 0 unspecified atom stereocenters. The number of hydrogen-bond donors (Lipinski definition) is 0. The van der Waals surface area contributed by atoms with Gasteiger partial charge < -0.3 is 9.15 Å². The Morgan fingerprint density at radius 2 is 1.92 bits per heavy atom. The van der Waals surface area contributed by atoms with Crippen LogP contribution in [0.5, 0.6) is 0 Å². The molecule has 0 saturated carbocycles. The van der Waals surface area contributed by atoms with Gasteiger partial charge >= 0.3 is 5.97 Å². The van der Waals surface area contributed by atoms with E-state index in [1.165, 1.54) is 6.08 Å². The molecule has 2 aromatic carbocycles. The summed E-state index contributed by atoms with van der Waals surface area (Å²) in [6.07, 6.45) is 3.04. The van der Waals surface area contributed by atoms with Crippen molar-refractivity contribution in [2.75, 3.05) is 0 Å². The van der Waals surface area contributed by atoms with E-state index in [1.807, 2.05) is 43.3 Å². The first-order valence-corrected chi connectivity index (χ1v) is 7.98. The zero-order chi connectivity index (χ0) is 17.6. The minimum Gasteiger partial charge on any atom is -0.452 e. The van der Waals surface area contributed by atoms with Crippen LogP contribution in [0.25, 0.3) is 17.5 Å². The lowest BCUT2D eigenvalue weighted by molar-refractivity contribution is -0.139. The van der Waals surface area contributed by atoms with E-state index in [1.54, 1.807) is 18.2 Å². The Hall–Kier alpha value is -2.92. The first kappa shape index (κ1) is 16.9. The van der Waals surface area contributed by atoms with Gasteiger partial charge in [-0.05, 0) is 30.7 Å². The smallest absolute Gasteiger partial charge is 0.331 e. The van der Waals surface area contributed by atoms with Gasteiger partial charge in [-0.1, -0.05) is 53.6 Å². The second-order valence-corrected chi connectivity index (χ2v) is 5.74. The maximum Gasteiger partial charge on any atom is 0.331 e. The van der Waals surface area contributed by atoms with Crippen LogP contribution in [0.4, 0.5) is 0 Å². The van der Waals surface area contributed by atoms with Crippen molar-refractivity contribution in [3.05, 3.63) is 76.6 Å². The minimum absolute atomic E-state index is 0.103. The Labute approximate surface area is 149 Å².